The van der Waals surface area contributed by atoms with Crippen LogP contribution in [-0.2, 0) is 0 Å². The van der Waals surface area contributed by atoms with Crippen molar-refractivity contribution in [3.8, 4) is 5.75 Å². The first-order chi connectivity index (χ1) is 8.20. The smallest absolute Gasteiger partial charge is 0.161 e. The highest BCUT2D eigenvalue weighted by Crippen LogP contribution is 2.41. The van der Waals surface area contributed by atoms with Crippen molar-refractivity contribution in [2.24, 2.45) is 5.18 Å². The summed E-state index contributed by atoms with van der Waals surface area (Å²) in [5.41, 5.74) is 1.20. The third-order valence-electron chi connectivity index (χ3n) is 2.64. The van der Waals surface area contributed by atoms with E-state index < -0.39 is 0 Å². The molecule has 0 atom stereocenters. The molecule has 1 aromatic heterocycles. The lowest BCUT2D eigenvalue weighted by molar-refractivity contribution is 0.477. The Labute approximate surface area is 104 Å². The lowest BCUT2D eigenvalue weighted by Gasteiger charge is -1.96. The SMILES string of the molecule is O=Nc1c(O)ccc2oc3ccc(Br)cc3c12. The van der Waals surface area contributed by atoms with Crippen LogP contribution in [0.25, 0.3) is 21.9 Å². The van der Waals surface area contributed by atoms with Gasteiger partial charge < -0.3 is 9.52 Å². The molecule has 1 N–H and O–H groups in total. The minimum absolute atomic E-state index is 0.0133. The average molecular weight is 292 g/mol. The summed E-state index contributed by atoms with van der Waals surface area (Å²) >= 11 is 3.35. The third kappa shape index (κ3) is 1.43. The van der Waals surface area contributed by atoms with E-state index in [1.165, 1.54) is 6.07 Å². The van der Waals surface area contributed by atoms with Gasteiger partial charge in [-0.25, -0.2) is 0 Å². The van der Waals surface area contributed by atoms with Crippen molar-refractivity contribution in [3.05, 3.63) is 39.7 Å². The fourth-order valence-corrected chi connectivity index (χ4v) is 2.27. The van der Waals surface area contributed by atoms with Gasteiger partial charge in [-0.05, 0) is 35.5 Å². The Morgan fingerprint density at radius 3 is 2.71 bits per heavy atom. The van der Waals surface area contributed by atoms with E-state index in [0.717, 1.165) is 9.86 Å². The van der Waals surface area contributed by atoms with E-state index >= 15 is 0 Å². The second-order valence-electron chi connectivity index (χ2n) is 3.64. The second kappa shape index (κ2) is 3.56. The van der Waals surface area contributed by atoms with Crippen molar-refractivity contribution in [3.63, 3.8) is 0 Å². The van der Waals surface area contributed by atoms with E-state index in [-0.39, 0.29) is 11.4 Å². The van der Waals surface area contributed by atoms with Gasteiger partial charge in [-0.2, -0.15) is 0 Å². The van der Waals surface area contributed by atoms with Gasteiger partial charge in [-0.15, -0.1) is 4.91 Å². The van der Waals surface area contributed by atoms with Gasteiger partial charge in [0.15, 0.2) is 5.69 Å². The monoisotopic (exact) mass is 291 g/mol. The summed E-state index contributed by atoms with van der Waals surface area (Å²) in [7, 11) is 0. The van der Waals surface area contributed by atoms with Crippen LogP contribution < -0.4 is 0 Å². The molecule has 84 valence electrons. The Hall–Kier alpha value is -1.88. The molecule has 0 aliphatic rings. The summed E-state index contributed by atoms with van der Waals surface area (Å²) in [5, 5.41) is 13.8. The maximum atomic E-state index is 10.8. The number of aromatic hydroxyl groups is 1. The zero-order valence-corrected chi connectivity index (χ0v) is 10.1. The standard InChI is InChI=1S/C12H6BrNO3/c13-6-1-3-9-7(5-6)11-10(17-9)4-2-8(15)12(11)14-16/h1-5,15H. The molecule has 0 saturated carbocycles. The molecule has 0 aliphatic heterocycles. The number of hydrogen-bond acceptors (Lipinski definition) is 4. The van der Waals surface area contributed by atoms with Crippen LogP contribution in [-0.4, -0.2) is 5.11 Å². The highest BCUT2D eigenvalue weighted by Gasteiger charge is 2.15. The number of nitrogens with zero attached hydrogens (tertiary/aromatic N) is 1. The number of nitroso groups, excluding NO2 is 1. The molecule has 0 fully saturated rings. The molecule has 0 spiro atoms. The number of phenolic OH excluding ortho intramolecular Hbond substituents is 1. The normalized spacial score (nSPS) is 11.1. The Kier molecular flexibility index (Phi) is 2.16. The number of benzene rings is 2. The zero-order chi connectivity index (χ0) is 12.0. The van der Waals surface area contributed by atoms with E-state index in [1.807, 2.05) is 12.1 Å². The van der Waals surface area contributed by atoms with Crippen LogP contribution in [0.3, 0.4) is 0 Å². The fourth-order valence-electron chi connectivity index (χ4n) is 1.90. The van der Waals surface area contributed by atoms with E-state index in [4.69, 9.17) is 4.42 Å². The van der Waals surface area contributed by atoms with Crippen LogP contribution in [0.5, 0.6) is 5.75 Å². The minimum Gasteiger partial charge on any atom is -0.506 e. The van der Waals surface area contributed by atoms with E-state index in [1.54, 1.807) is 12.1 Å². The largest absolute Gasteiger partial charge is 0.506 e. The lowest BCUT2D eigenvalue weighted by atomic mass is 10.1. The number of phenols is 1. The van der Waals surface area contributed by atoms with Crippen molar-refractivity contribution in [1.82, 2.24) is 0 Å². The highest BCUT2D eigenvalue weighted by atomic mass is 79.9. The first kappa shape index (κ1) is 10.3. The molecule has 0 saturated heterocycles. The predicted molar refractivity (Wildman–Crippen MR) is 68.5 cm³/mol. The molecule has 4 nitrogen and oxygen atoms in total. The molecular formula is C12H6BrNO3. The van der Waals surface area contributed by atoms with Gasteiger partial charge in [0.25, 0.3) is 0 Å². The number of fused-ring (bicyclic) bond motifs is 3. The summed E-state index contributed by atoms with van der Waals surface area (Å²) < 4.78 is 6.44. The third-order valence-corrected chi connectivity index (χ3v) is 3.13. The molecular weight excluding hydrogens is 286 g/mol. The van der Waals surface area contributed by atoms with Gasteiger partial charge in [0.1, 0.15) is 16.9 Å². The van der Waals surface area contributed by atoms with Gasteiger partial charge in [0.2, 0.25) is 0 Å². The fraction of sp³-hybridized carbons (Fsp3) is 0. The summed E-state index contributed by atoms with van der Waals surface area (Å²) in [6.45, 7) is 0. The molecule has 3 rings (SSSR count). The minimum atomic E-state index is -0.143. The molecule has 0 aliphatic carbocycles. The summed E-state index contributed by atoms with van der Waals surface area (Å²) in [4.78, 5) is 10.8. The molecule has 1 heterocycles. The Morgan fingerprint density at radius 2 is 1.94 bits per heavy atom. The molecule has 0 bridgehead atoms. The number of rotatable bonds is 1. The van der Waals surface area contributed by atoms with Crippen molar-refractivity contribution in [2.75, 3.05) is 0 Å². The first-order valence-corrected chi connectivity index (χ1v) is 5.67. The maximum Gasteiger partial charge on any atom is 0.161 e. The maximum absolute atomic E-state index is 10.8. The highest BCUT2D eigenvalue weighted by molar-refractivity contribution is 9.10. The van der Waals surface area contributed by atoms with Crippen LogP contribution >= 0.6 is 15.9 Å². The second-order valence-corrected chi connectivity index (χ2v) is 4.56. The van der Waals surface area contributed by atoms with Gasteiger partial charge in [0.05, 0.1) is 5.39 Å². The molecule has 2 aromatic carbocycles. The zero-order valence-electron chi connectivity index (χ0n) is 8.48. The van der Waals surface area contributed by atoms with Gasteiger partial charge in [-0.1, -0.05) is 15.9 Å². The van der Waals surface area contributed by atoms with Gasteiger partial charge in [-0.3, -0.25) is 0 Å². The molecule has 3 aromatic rings. The molecule has 5 heteroatoms. The van der Waals surface area contributed by atoms with Gasteiger partial charge >= 0.3 is 0 Å². The van der Waals surface area contributed by atoms with E-state index in [9.17, 15) is 10.0 Å². The Balaban J connectivity index is 2.60. The van der Waals surface area contributed by atoms with Crippen LogP contribution in [0.1, 0.15) is 0 Å². The molecule has 0 amide bonds. The van der Waals surface area contributed by atoms with Crippen LogP contribution in [0.2, 0.25) is 0 Å². The van der Waals surface area contributed by atoms with E-state index in [2.05, 4.69) is 21.1 Å². The van der Waals surface area contributed by atoms with E-state index in [0.29, 0.717) is 16.6 Å². The van der Waals surface area contributed by atoms with Crippen molar-refractivity contribution in [2.45, 2.75) is 0 Å². The summed E-state index contributed by atoms with van der Waals surface area (Å²) in [6, 6.07) is 8.49. The van der Waals surface area contributed by atoms with Crippen LogP contribution in [0, 0.1) is 4.91 Å². The van der Waals surface area contributed by atoms with Crippen molar-refractivity contribution >= 4 is 43.6 Å². The van der Waals surface area contributed by atoms with Crippen LogP contribution in [0.15, 0.2) is 44.4 Å². The molecule has 17 heavy (non-hydrogen) atoms. The summed E-state index contributed by atoms with van der Waals surface area (Å²) in [6.07, 6.45) is 0. The van der Waals surface area contributed by atoms with Crippen molar-refractivity contribution in [1.29, 1.82) is 0 Å². The average Bonchev–Trinajstić information content (AvgIpc) is 2.67. The van der Waals surface area contributed by atoms with Crippen LogP contribution in [0.4, 0.5) is 5.69 Å². The van der Waals surface area contributed by atoms with Crippen molar-refractivity contribution < 1.29 is 9.52 Å². The van der Waals surface area contributed by atoms with Gasteiger partial charge in [0, 0.05) is 9.86 Å². The summed E-state index contributed by atoms with van der Waals surface area (Å²) in [5.74, 6) is -0.143. The molecule has 0 radical (unpaired) electrons. The Morgan fingerprint density at radius 1 is 1.18 bits per heavy atom. The number of halogens is 1. The lowest BCUT2D eigenvalue weighted by Crippen LogP contribution is -1.71. The Bertz CT molecular complexity index is 748. The predicted octanol–water partition coefficient (Wildman–Crippen LogP) is 4.45. The number of furan rings is 1. The first-order valence-electron chi connectivity index (χ1n) is 4.88. The number of hydrogen-bond donors (Lipinski definition) is 1. The topological polar surface area (TPSA) is 62.8 Å². The molecule has 0 unspecified atom stereocenters. The quantitative estimate of drug-likeness (QED) is 0.674.